The Morgan fingerprint density at radius 1 is 1.31 bits per heavy atom. The first-order chi connectivity index (χ1) is 15.4. The van der Waals surface area contributed by atoms with Crippen LogP contribution in [0.3, 0.4) is 0 Å². The van der Waals surface area contributed by atoms with Gasteiger partial charge in [0.05, 0.1) is 41.7 Å². The van der Waals surface area contributed by atoms with Gasteiger partial charge in [0.25, 0.3) is 0 Å². The Hall–Kier alpha value is -2.45. The van der Waals surface area contributed by atoms with Gasteiger partial charge in [0.15, 0.2) is 5.65 Å². The Morgan fingerprint density at radius 3 is 3.06 bits per heavy atom. The highest BCUT2D eigenvalue weighted by Crippen LogP contribution is 2.42. The van der Waals surface area contributed by atoms with E-state index >= 15 is 0 Å². The van der Waals surface area contributed by atoms with E-state index < -0.39 is 0 Å². The molecule has 8 nitrogen and oxygen atoms in total. The van der Waals surface area contributed by atoms with Crippen LogP contribution >= 0.6 is 0 Å². The standard InChI is InChI=1S/C24H33N7O/c1-15-9-22(18-11-26-29(3)23(18)27-15)30-8-6-21-19(12-30)16(2)28-31(21)14-24-7-4-5-17(10-24)20(25)13-32-24/h9,11,17,20H,4-8,10,12-14,25H2,1-3H3. The molecule has 3 aliphatic rings. The average molecular weight is 436 g/mol. The van der Waals surface area contributed by atoms with Crippen molar-refractivity contribution in [1.82, 2.24) is 24.5 Å². The van der Waals surface area contributed by atoms with Gasteiger partial charge in [0, 0.05) is 49.6 Å². The van der Waals surface area contributed by atoms with Crippen molar-refractivity contribution in [2.45, 2.75) is 70.7 Å². The van der Waals surface area contributed by atoms with Crippen LogP contribution in [0.4, 0.5) is 5.69 Å². The Bertz CT molecular complexity index is 1180. The zero-order chi connectivity index (χ0) is 22.0. The summed E-state index contributed by atoms with van der Waals surface area (Å²) in [5, 5.41) is 10.6. The fourth-order valence-corrected chi connectivity index (χ4v) is 6.22. The number of nitrogens with two attached hydrogens (primary N) is 1. The molecule has 2 aliphatic heterocycles. The number of aryl methyl sites for hydroxylation is 3. The van der Waals surface area contributed by atoms with Crippen LogP contribution in [0.25, 0.3) is 11.0 Å². The lowest BCUT2D eigenvalue weighted by atomic mass is 9.73. The summed E-state index contributed by atoms with van der Waals surface area (Å²) in [6.45, 7) is 7.58. The van der Waals surface area contributed by atoms with E-state index in [9.17, 15) is 0 Å². The highest BCUT2D eigenvalue weighted by Gasteiger charge is 2.44. The second-order valence-corrected chi connectivity index (χ2v) is 10.1. The molecule has 5 heterocycles. The molecule has 32 heavy (non-hydrogen) atoms. The van der Waals surface area contributed by atoms with Gasteiger partial charge in [-0.3, -0.25) is 9.36 Å². The van der Waals surface area contributed by atoms with Crippen molar-refractivity contribution < 1.29 is 4.74 Å². The van der Waals surface area contributed by atoms with Gasteiger partial charge in [-0.15, -0.1) is 0 Å². The van der Waals surface area contributed by atoms with Crippen molar-refractivity contribution in [2.75, 3.05) is 18.1 Å². The summed E-state index contributed by atoms with van der Waals surface area (Å²) in [6, 6.07) is 2.38. The van der Waals surface area contributed by atoms with Crippen molar-refractivity contribution in [3.63, 3.8) is 0 Å². The molecule has 0 aromatic carbocycles. The lowest BCUT2D eigenvalue weighted by Gasteiger charge is -2.47. The number of nitrogens with zero attached hydrogens (tertiary/aromatic N) is 6. The fraction of sp³-hybridized carbons (Fsp3) is 0.625. The molecule has 2 N–H and O–H groups in total. The molecule has 8 heteroatoms. The molecule has 2 bridgehead atoms. The van der Waals surface area contributed by atoms with E-state index in [2.05, 4.69) is 34.6 Å². The molecule has 3 aromatic rings. The van der Waals surface area contributed by atoms with Crippen LogP contribution in [0.2, 0.25) is 0 Å². The summed E-state index contributed by atoms with van der Waals surface area (Å²) in [5.41, 5.74) is 13.3. The Balaban J connectivity index is 1.30. The van der Waals surface area contributed by atoms with Crippen molar-refractivity contribution in [3.8, 4) is 0 Å². The van der Waals surface area contributed by atoms with Gasteiger partial charge in [-0.05, 0) is 45.1 Å². The van der Waals surface area contributed by atoms with Gasteiger partial charge >= 0.3 is 0 Å². The molecule has 0 amide bonds. The van der Waals surface area contributed by atoms with Crippen LogP contribution in [0, 0.1) is 19.8 Å². The summed E-state index contributed by atoms with van der Waals surface area (Å²) in [6.07, 6.45) is 7.56. The van der Waals surface area contributed by atoms with Crippen molar-refractivity contribution in [2.24, 2.45) is 18.7 Å². The maximum absolute atomic E-state index is 6.39. The molecule has 3 unspecified atom stereocenters. The lowest BCUT2D eigenvalue weighted by Crippen LogP contribution is -2.54. The third-order valence-corrected chi connectivity index (χ3v) is 7.95. The molecule has 3 atom stereocenters. The summed E-state index contributed by atoms with van der Waals surface area (Å²) in [4.78, 5) is 7.15. The number of pyridine rings is 1. The first-order valence-electron chi connectivity index (χ1n) is 11.9. The van der Waals surface area contributed by atoms with Gasteiger partial charge in [-0.2, -0.15) is 10.2 Å². The van der Waals surface area contributed by atoms with E-state index in [1.165, 1.54) is 29.8 Å². The number of fused-ring (bicyclic) bond motifs is 4. The summed E-state index contributed by atoms with van der Waals surface area (Å²) >= 11 is 0. The molecule has 1 saturated carbocycles. The molecule has 6 rings (SSSR count). The zero-order valence-electron chi connectivity index (χ0n) is 19.3. The van der Waals surface area contributed by atoms with Crippen LogP contribution in [0.5, 0.6) is 0 Å². The SMILES string of the molecule is Cc1cc(N2CCc3c(c(C)nn3CC34CCCC(C3)C(N)CO4)C2)c2cnn(C)c2n1. The van der Waals surface area contributed by atoms with E-state index in [1.807, 2.05) is 17.9 Å². The van der Waals surface area contributed by atoms with Gasteiger partial charge < -0.3 is 15.4 Å². The topological polar surface area (TPSA) is 87.0 Å². The normalized spacial score (nSPS) is 27.7. The molecule has 170 valence electrons. The highest BCUT2D eigenvalue weighted by atomic mass is 16.5. The minimum atomic E-state index is -0.0910. The number of ether oxygens (including phenoxy) is 1. The van der Waals surface area contributed by atoms with Gasteiger partial charge in [-0.25, -0.2) is 4.98 Å². The third kappa shape index (κ3) is 3.15. The Morgan fingerprint density at radius 2 is 2.19 bits per heavy atom. The average Bonchev–Trinajstić information content (AvgIpc) is 3.30. The first-order valence-corrected chi connectivity index (χ1v) is 11.9. The van der Waals surface area contributed by atoms with E-state index in [4.69, 9.17) is 20.6 Å². The smallest absolute Gasteiger partial charge is 0.159 e. The van der Waals surface area contributed by atoms with E-state index in [0.29, 0.717) is 12.5 Å². The Labute approximate surface area is 188 Å². The lowest BCUT2D eigenvalue weighted by molar-refractivity contribution is -0.140. The molecule has 1 saturated heterocycles. The fourth-order valence-electron chi connectivity index (χ4n) is 6.22. The largest absolute Gasteiger partial charge is 0.371 e. The summed E-state index contributed by atoms with van der Waals surface area (Å²) in [7, 11) is 1.95. The number of aromatic nitrogens is 5. The first kappa shape index (κ1) is 20.2. The molecular formula is C24H33N7O. The molecule has 2 fully saturated rings. The van der Waals surface area contributed by atoms with Crippen LogP contribution in [0.15, 0.2) is 12.3 Å². The highest BCUT2D eigenvalue weighted by molar-refractivity contribution is 5.89. The Kier molecular flexibility index (Phi) is 4.59. The minimum absolute atomic E-state index is 0.0910. The van der Waals surface area contributed by atoms with E-state index in [0.717, 1.165) is 61.3 Å². The van der Waals surface area contributed by atoms with Crippen LogP contribution in [-0.2, 0) is 31.3 Å². The number of anilines is 1. The van der Waals surface area contributed by atoms with Crippen molar-refractivity contribution in [3.05, 3.63) is 34.9 Å². The monoisotopic (exact) mass is 435 g/mol. The quantitative estimate of drug-likeness (QED) is 0.681. The van der Waals surface area contributed by atoms with Crippen molar-refractivity contribution >= 4 is 16.7 Å². The van der Waals surface area contributed by atoms with E-state index in [-0.39, 0.29) is 11.6 Å². The maximum Gasteiger partial charge on any atom is 0.159 e. The second-order valence-electron chi connectivity index (χ2n) is 10.1. The number of hydrogen-bond donors (Lipinski definition) is 1. The third-order valence-electron chi connectivity index (χ3n) is 7.95. The van der Waals surface area contributed by atoms with Gasteiger partial charge in [0.1, 0.15) is 0 Å². The number of hydrogen-bond acceptors (Lipinski definition) is 6. The second kappa shape index (κ2) is 7.28. The molecule has 1 aliphatic carbocycles. The maximum atomic E-state index is 6.39. The van der Waals surface area contributed by atoms with Gasteiger partial charge in [-0.1, -0.05) is 6.42 Å². The van der Waals surface area contributed by atoms with Crippen LogP contribution in [-0.4, -0.2) is 49.3 Å². The molecule has 3 aromatic heterocycles. The van der Waals surface area contributed by atoms with Gasteiger partial charge in [0.2, 0.25) is 0 Å². The molecule has 0 spiro atoms. The predicted octanol–water partition coefficient (Wildman–Crippen LogP) is 2.63. The molecular weight excluding hydrogens is 402 g/mol. The summed E-state index contributed by atoms with van der Waals surface area (Å²) in [5.74, 6) is 0.595. The van der Waals surface area contributed by atoms with Crippen molar-refractivity contribution in [1.29, 1.82) is 0 Å². The molecule has 0 radical (unpaired) electrons. The van der Waals surface area contributed by atoms with Crippen LogP contribution < -0.4 is 10.6 Å². The van der Waals surface area contributed by atoms with E-state index in [1.54, 1.807) is 0 Å². The minimum Gasteiger partial charge on any atom is -0.371 e. The predicted molar refractivity (Wildman–Crippen MR) is 124 cm³/mol. The summed E-state index contributed by atoms with van der Waals surface area (Å²) < 4.78 is 10.5. The van der Waals surface area contributed by atoms with Crippen LogP contribution in [0.1, 0.15) is 48.3 Å². The zero-order valence-corrected chi connectivity index (χ0v) is 19.3. The number of rotatable bonds is 3.